The third-order valence-corrected chi connectivity index (χ3v) is 6.98. The lowest BCUT2D eigenvalue weighted by molar-refractivity contribution is -0.0585. The Morgan fingerprint density at radius 3 is 2.83 bits per heavy atom. The molecule has 0 amide bonds. The predicted octanol–water partition coefficient (Wildman–Crippen LogP) is 3.02. The number of aromatic nitrogens is 4. The summed E-state index contributed by atoms with van der Waals surface area (Å²) in [5.41, 5.74) is 4.42. The number of likely N-dealkylation sites (tertiary alicyclic amines) is 1. The number of ether oxygens (including phenoxy) is 1. The number of pyridine rings is 1. The molecule has 9 nitrogen and oxygen atoms in total. The molecule has 6 rings (SSSR count). The Labute approximate surface area is 205 Å². The number of hydrogen-bond acceptors (Lipinski definition) is 8. The first-order valence-electron chi connectivity index (χ1n) is 12.1. The van der Waals surface area contributed by atoms with Crippen molar-refractivity contribution >= 4 is 22.9 Å². The molecule has 0 saturated carbocycles. The fraction of sp³-hybridized carbons (Fsp3) is 0.500. The van der Waals surface area contributed by atoms with Crippen LogP contribution >= 0.6 is 0 Å². The number of nitrogens with zero attached hydrogens (tertiary/aromatic N) is 6. The molecule has 36 heavy (non-hydrogen) atoms. The fourth-order valence-corrected chi connectivity index (χ4v) is 5.02. The smallest absolute Gasteiger partial charge is 0.250 e. The maximum absolute atomic E-state index is 14.6. The first-order chi connectivity index (χ1) is 17.4. The van der Waals surface area contributed by atoms with Crippen molar-refractivity contribution < 1.29 is 17.9 Å². The molecule has 1 unspecified atom stereocenters. The topological polar surface area (TPSA) is 92.0 Å². The zero-order chi connectivity index (χ0) is 24.8. The third kappa shape index (κ3) is 4.44. The number of halogens is 3. The van der Waals surface area contributed by atoms with E-state index in [1.807, 2.05) is 25.1 Å². The number of nitrogens with one attached hydrogen (secondary N) is 2. The molecular formula is C24H27F3N8O. The molecule has 0 spiro atoms. The van der Waals surface area contributed by atoms with E-state index in [2.05, 4.69) is 30.6 Å². The van der Waals surface area contributed by atoms with Gasteiger partial charge in [-0.05, 0) is 25.1 Å². The first kappa shape index (κ1) is 23.3. The van der Waals surface area contributed by atoms with Gasteiger partial charge in [0.15, 0.2) is 0 Å². The van der Waals surface area contributed by atoms with Crippen LogP contribution in [0.3, 0.4) is 0 Å². The highest BCUT2D eigenvalue weighted by Crippen LogP contribution is 2.35. The lowest BCUT2D eigenvalue weighted by Crippen LogP contribution is -2.48. The standard InChI is InChI=1S/C24H27F3N8O/c1-13-6-19(28-8-22(26)27)23-18(30-13)3-2-17(31-23)15-4-5-35-21(15)7-29-24(33-35)32-20-10-34(9-16(20)25)14-11-36-12-14/h2-5,7,14,16,19-20,22,28H,6,8-12H2,1H3,(H,32,33)/t16-,19?,20-/m1/s1. The van der Waals surface area contributed by atoms with Crippen LogP contribution in [0, 0.1) is 0 Å². The molecule has 3 aliphatic heterocycles. The van der Waals surface area contributed by atoms with E-state index < -0.39 is 19.1 Å². The molecular weight excluding hydrogens is 473 g/mol. The number of rotatable bonds is 7. The van der Waals surface area contributed by atoms with E-state index in [9.17, 15) is 13.2 Å². The highest BCUT2D eigenvalue weighted by atomic mass is 19.3. The van der Waals surface area contributed by atoms with E-state index in [0.717, 1.165) is 16.8 Å². The molecule has 2 saturated heterocycles. The van der Waals surface area contributed by atoms with Gasteiger partial charge < -0.3 is 15.4 Å². The summed E-state index contributed by atoms with van der Waals surface area (Å²) in [5.74, 6) is 0.350. The minimum atomic E-state index is -2.45. The largest absolute Gasteiger partial charge is 0.378 e. The van der Waals surface area contributed by atoms with E-state index >= 15 is 0 Å². The van der Waals surface area contributed by atoms with E-state index in [1.165, 1.54) is 0 Å². The molecule has 3 atom stereocenters. The van der Waals surface area contributed by atoms with Gasteiger partial charge in [0.05, 0.1) is 66.7 Å². The van der Waals surface area contributed by atoms with Crippen molar-refractivity contribution in [1.29, 1.82) is 0 Å². The summed E-state index contributed by atoms with van der Waals surface area (Å²) in [6.45, 7) is 3.74. The summed E-state index contributed by atoms with van der Waals surface area (Å²) in [6, 6.07) is 5.16. The molecule has 12 heteroatoms. The Bertz CT molecular complexity index is 1290. The van der Waals surface area contributed by atoms with Crippen molar-refractivity contribution in [3.63, 3.8) is 0 Å². The third-order valence-electron chi connectivity index (χ3n) is 6.98. The summed E-state index contributed by atoms with van der Waals surface area (Å²) in [6.07, 6.45) is 0.543. The van der Waals surface area contributed by atoms with Crippen LogP contribution in [0.5, 0.6) is 0 Å². The Balaban J connectivity index is 1.23. The summed E-state index contributed by atoms with van der Waals surface area (Å²) >= 11 is 0. The molecule has 0 aromatic carbocycles. The van der Waals surface area contributed by atoms with Crippen LogP contribution in [-0.2, 0) is 4.74 Å². The molecule has 190 valence electrons. The second-order valence-electron chi connectivity index (χ2n) is 9.56. The van der Waals surface area contributed by atoms with Crippen LogP contribution in [0.15, 0.2) is 35.6 Å². The molecule has 3 aromatic rings. The number of alkyl halides is 3. The van der Waals surface area contributed by atoms with E-state index in [4.69, 9.17) is 9.72 Å². The summed E-state index contributed by atoms with van der Waals surface area (Å²) < 4.78 is 47.2. The van der Waals surface area contributed by atoms with Crippen LogP contribution in [0.25, 0.3) is 16.8 Å². The lowest BCUT2D eigenvalue weighted by atomic mass is 10.0. The zero-order valence-corrected chi connectivity index (χ0v) is 19.7. The average molecular weight is 501 g/mol. The molecule has 0 radical (unpaired) electrons. The predicted molar refractivity (Wildman–Crippen MR) is 129 cm³/mol. The maximum atomic E-state index is 14.6. The minimum Gasteiger partial charge on any atom is -0.378 e. The minimum absolute atomic E-state index is 0.286. The van der Waals surface area contributed by atoms with Gasteiger partial charge >= 0.3 is 0 Å². The highest BCUT2D eigenvalue weighted by Gasteiger charge is 2.39. The van der Waals surface area contributed by atoms with Gasteiger partial charge in [0, 0.05) is 37.0 Å². The first-order valence-corrected chi connectivity index (χ1v) is 12.1. The average Bonchev–Trinajstić information content (AvgIpc) is 3.39. The maximum Gasteiger partial charge on any atom is 0.250 e. The van der Waals surface area contributed by atoms with Gasteiger partial charge in [0.2, 0.25) is 5.95 Å². The van der Waals surface area contributed by atoms with Crippen molar-refractivity contribution in [2.45, 2.75) is 44.1 Å². The van der Waals surface area contributed by atoms with Crippen molar-refractivity contribution in [2.24, 2.45) is 4.99 Å². The number of hydrogen-bond donors (Lipinski definition) is 2. The quantitative estimate of drug-likeness (QED) is 0.515. The van der Waals surface area contributed by atoms with E-state index in [0.29, 0.717) is 55.7 Å². The Kier molecular flexibility index (Phi) is 6.10. The normalized spacial score (nSPS) is 24.7. The Hall–Kier alpha value is -3.09. The molecule has 3 aromatic heterocycles. The van der Waals surface area contributed by atoms with Gasteiger partial charge in [-0.1, -0.05) is 0 Å². The molecule has 6 heterocycles. The SMILES string of the molecule is CC1=Nc2ccc(-c3ccn4nc(N[C@@H]5CN(C6COC6)C[C@H]5F)ncc34)nc2C(NCC(F)F)C1. The summed E-state index contributed by atoms with van der Waals surface area (Å²) in [5, 5.41) is 10.6. The number of anilines is 1. The molecule has 3 aliphatic rings. The van der Waals surface area contributed by atoms with Gasteiger partial charge in [-0.2, -0.15) is 0 Å². The van der Waals surface area contributed by atoms with Gasteiger partial charge in [-0.3, -0.25) is 9.89 Å². The highest BCUT2D eigenvalue weighted by molar-refractivity contribution is 5.88. The fourth-order valence-electron chi connectivity index (χ4n) is 5.02. The molecule has 2 N–H and O–H groups in total. The second kappa shape index (κ2) is 9.41. The van der Waals surface area contributed by atoms with Gasteiger partial charge in [0.25, 0.3) is 6.43 Å². The lowest BCUT2D eigenvalue weighted by Gasteiger charge is -2.34. The van der Waals surface area contributed by atoms with Crippen molar-refractivity contribution in [2.75, 3.05) is 38.2 Å². The second-order valence-corrected chi connectivity index (χ2v) is 9.56. The summed E-state index contributed by atoms with van der Waals surface area (Å²) in [4.78, 5) is 15.9. The van der Waals surface area contributed by atoms with Crippen LogP contribution in [0.1, 0.15) is 25.1 Å². The zero-order valence-electron chi connectivity index (χ0n) is 19.7. The van der Waals surface area contributed by atoms with Crippen LogP contribution < -0.4 is 10.6 Å². The monoisotopic (exact) mass is 500 g/mol. The van der Waals surface area contributed by atoms with E-state index in [-0.39, 0.29) is 18.1 Å². The van der Waals surface area contributed by atoms with E-state index in [1.54, 1.807) is 16.9 Å². The van der Waals surface area contributed by atoms with Crippen LogP contribution in [-0.4, -0.2) is 87.7 Å². The molecule has 2 fully saturated rings. The number of aliphatic imine (C=N–C) groups is 1. The van der Waals surface area contributed by atoms with Crippen molar-refractivity contribution in [3.05, 3.63) is 36.3 Å². The number of fused-ring (bicyclic) bond motifs is 2. The van der Waals surface area contributed by atoms with Gasteiger partial charge in [-0.25, -0.2) is 27.7 Å². The van der Waals surface area contributed by atoms with Gasteiger partial charge in [-0.15, -0.1) is 5.10 Å². The van der Waals surface area contributed by atoms with Crippen LogP contribution in [0.2, 0.25) is 0 Å². The summed E-state index contributed by atoms with van der Waals surface area (Å²) in [7, 11) is 0. The molecule has 0 aliphatic carbocycles. The van der Waals surface area contributed by atoms with Gasteiger partial charge in [0.1, 0.15) is 6.17 Å². The van der Waals surface area contributed by atoms with Crippen molar-refractivity contribution in [1.82, 2.24) is 29.8 Å². The van der Waals surface area contributed by atoms with Crippen molar-refractivity contribution in [3.8, 4) is 11.3 Å². The molecule has 0 bridgehead atoms. The Morgan fingerprint density at radius 1 is 1.19 bits per heavy atom. The van der Waals surface area contributed by atoms with Crippen LogP contribution in [0.4, 0.5) is 24.8 Å². The Morgan fingerprint density at radius 2 is 2.06 bits per heavy atom.